The first kappa shape index (κ1) is 20.4. The molecule has 0 atom stereocenters. The number of rotatable bonds is 7. The second kappa shape index (κ2) is 9.27. The van der Waals surface area contributed by atoms with Crippen LogP contribution in [-0.2, 0) is 4.79 Å². The lowest BCUT2D eigenvalue weighted by Crippen LogP contribution is -2.49. The molecule has 0 bridgehead atoms. The zero-order valence-electron chi connectivity index (χ0n) is 16.2. The van der Waals surface area contributed by atoms with Crippen molar-refractivity contribution in [2.45, 2.75) is 0 Å². The van der Waals surface area contributed by atoms with Crippen molar-refractivity contribution in [2.75, 3.05) is 53.6 Å². The van der Waals surface area contributed by atoms with Gasteiger partial charge in [0.05, 0.1) is 18.7 Å². The van der Waals surface area contributed by atoms with Crippen LogP contribution < -0.4 is 9.47 Å². The van der Waals surface area contributed by atoms with Crippen LogP contribution in [0.3, 0.4) is 0 Å². The molecule has 0 saturated carbocycles. The van der Waals surface area contributed by atoms with Crippen molar-refractivity contribution >= 4 is 29.0 Å². The summed E-state index contributed by atoms with van der Waals surface area (Å²) >= 11 is 0.973. The highest BCUT2D eigenvalue weighted by Gasteiger charge is 2.36. The number of benzene rings is 1. The number of likely N-dealkylation sites (N-methyl/N-ethyl adjacent to an activating group) is 1. The van der Waals surface area contributed by atoms with Crippen LogP contribution in [-0.4, -0.2) is 79.5 Å². The molecule has 0 unspecified atom stereocenters. The number of hydrogen-bond acceptors (Lipinski definition) is 7. The Hall–Kier alpha value is -2.29. The maximum atomic E-state index is 12.7. The molecule has 0 N–H and O–H groups in total. The topological polar surface area (TPSA) is 62.3 Å². The Balaban J connectivity index is 1.71. The van der Waals surface area contributed by atoms with E-state index < -0.39 is 0 Å². The minimum atomic E-state index is -0.250. The van der Waals surface area contributed by atoms with Crippen molar-refractivity contribution in [1.29, 1.82) is 0 Å². The highest BCUT2D eigenvalue weighted by atomic mass is 32.2. The van der Waals surface area contributed by atoms with Gasteiger partial charge in [-0.1, -0.05) is 18.7 Å². The van der Waals surface area contributed by atoms with Crippen molar-refractivity contribution < 1.29 is 19.1 Å². The molecule has 2 saturated heterocycles. The van der Waals surface area contributed by atoms with Crippen LogP contribution in [0.15, 0.2) is 35.8 Å². The van der Waals surface area contributed by atoms with Crippen LogP contribution >= 0.6 is 11.8 Å². The molecule has 0 aromatic heterocycles. The summed E-state index contributed by atoms with van der Waals surface area (Å²) < 4.78 is 10.9. The number of carbonyl (C=O) groups is 2. The van der Waals surface area contributed by atoms with Gasteiger partial charge in [0.15, 0.2) is 11.5 Å². The van der Waals surface area contributed by atoms with Gasteiger partial charge in [-0.15, -0.1) is 0 Å². The number of amides is 2. The summed E-state index contributed by atoms with van der Waals surface area (Å²) in [6.45, 7) is 7.91. The summed E-state index contributed by atoms with van der Waals surface area (Å²) in [5.41, 5.74) is 0.771. The van der Waals surface area contributed by atoms with Crippen molar-refractivity contribution in [3.05, 3.63) is 41.3 Å². The van der Waals surface area contributed by atoms with Gasteiger partial charge in [-0.3, -0.25) is 19.4 Å². The Morgan fingerprint density at radius 2 is 1.93 bits per heavy atom. The molecule has 8 heteroatoms. The van der Waals surface area contributed by atoms with Crippen molar-refractivity contribution in [1.82, 2.24) is 14.7 Å². The molecule has 150 valence electrons. The van der Waals surface area contributed by atoms with E-state index in [1.165, 1.54) is 4.90 Å². The molecule has 1 aromatic carbocycles. The smallest absolute Gasteiger partial charge is 0.294 e. The average molecular weight is 404 g/mol. The first-order valence-corrected chi connectivity index (χ1v) is 9.91. The van der Waals surface area contributed by atoms with Gasteiger partial charge >= 0.3 is 0 Å². The predicted molar refractivity (Wildman–Crippen MR) is 110 cm³/mol. The minimum Gasteiger partial charge on any atom is -0.493 e. The van der Waals surface area contributed by atoms with Crippen molar-refractivity contribution in [3.63, 3.8) is 0 Å². The molecular formula is C20H25N3O4S. The average Bonchev–Trinajstić information content (AvgIpc) is 2.95. The molecule has 7 nitrogen and oxygen atoms in total. The van der Waals surface area contributed by atoms with E-state index in [-0.39, 0.29) is 11.1 Å². The number of nitrogens with zero attached hydrogens (tertiary/aromatic N) is 3. The van der Waals surface area contributed by atoms with Gasteiger partial charge in [0.2, 0.25) is 0 Å². The molecule has 0 aliphatic carbocycles. The normalized spacial score (nSPS) is 20.1. The quantitative estimate of drug-likeness (QED) is 0.512. The molecular weight excluding hydrogens is 378 g/mol. The van der Waals surface area contributed by atoms with E-state index in [1.807, 2.05) is 6.07 Å². The van der Waals surface area contributed by atoms with E-state index in [0.717, 1.165) is 43.5 Å². The summed E-state index contributed by atoms with van der Waals surface area (Å²) in [6.07, 6.45) is 3.37. The highest BCUT2D eigenvalue weighted by molar-refractivity contribution is 8.18. The lowest BCUT2D eigenvalue weighted by atomic mass is 10.2. The molecule has 3 rings (SSSR count). The third-order valence-electron chi connectivity index (χ3n) is 4.65. The van der Waals surface area contributed by atoms with Gasteiger partial charge in [-0.05, 0) is 42.6 Å². The second-order valence-electron chi connectivity index (χ2n) is 6.68. The zero-order valence-corrected chi connectivity index (χ0v) is 17.0. The number of hydrogen-bond donors (Lipinski definition) is 0. The number of carbonyl (C=O) groups excluding carboxylic acids is 2. The summed E-state index contributed by atoms with van der Waals surface area (Å²) in [5.74, 6) is 0.912. The van der Waals surface area contributed by atoms with Gasteiger partial charge in [0.25, 0.3) is 11.1 Å². The Kier molecular flexibility index (Phi) is 6.77. The molecule has 2 aliphatic rings. The SMILES string of the molecule is C=CCOc1ccc(C=C2SC(=O)N(CN3CCN(C)CC3)C2=O)cc1OC. The number of piperazine rings is 1. The number of ether oxygens (including phenoxy) is 2. The van der Waals surface area contributed by atoms with Crippen LogP contribution in [0.1, 0.15) is 5.56 Å². The van der Waals surface area contributed by atoms with Crippen LogP contribution in [0.4, 0.5) is 4.79 Å². The molecule has 2 aliphatic heterocycles. The number of thioether (sulfide) groups is 1. The fourth-order valence-electron chi connectivity index (χ4n) is 3.00. The lowest BCUT2D eigenvalue weighted by molar-refractivity contribution is -0.124. The van der Waals surface area contributed by atoms with E-state index in [1.54, 1.807) is 31.4 Å². The Bertz CT molecular complexity index is 788. The van der Waals surface area contributed by atoms with Gasteiger partial charge < -0.3 is 14.4 Å². The first-order valence-electron chi connectivity index (χ1n) is 9.10. The molecule has 0 radical (unpaired) electrons. The molecule has 28 heavy (non-hydrogen) atoms. The van der Waals surface area contributed by atoms with Crippen molar-refractivity contribution in [3.8, 4) is 11.5 Å². The van der Waals surface area contributed by atoms with Gasteiger partial charge in [-0.2, -0.15) is 0 Å². The van der Waals surface area contributed by atoms with Crippen LogP contribution in [0, 0.1) is 0 Å². The van der Waals surface area contributed by atoms with E-state index in [9.17, 15) is 9.59 Å². The standard InChI is InChI=1S/C20H25N3O4S/c1-4-11-27-16-6-5-15(12-17(16)26-3)13-18-19(24)23(20(25)28-18)14-22-9-7-21(2)8-10-22/h4-6,12-13H,1,7-11,14H2,2-3H3. The monoisotopic (exact) mass is 403 g/mol. The fraction of sp³-hybridized carbons (Fsp3) is 0.400. The fourth-order valence-corrected chi connectivity index (χ4v) is 3.84. The largest absolute Gasteiger partial charge is 0.493 e. The molecule has 1 aromatic rings. The third kappa shape index (κ3) is 4.76. The molecule has 2 amide bonds. The summed E-state index contributed by atoms with van der Waals surface area (Å²) in [4.78, 5) is 31.2. The van der Waals surface area contributed by atoms with Crippen molar-refractivity contribution in [2.24, 2.45) is 0 Å². The third-order valence-corrected chi connectivity index (χ3v) is 5.56. The predicted octanol–water partition coefficient (Wildman–Crippen LogP) is 2.50. The van der Waals surface area contributed by atoms with Gasteiger partial charge in [0.1, 0.15) is 6.61 Å². The van der Waals surface area contributed by atoms with E-state index in [4.69, 9.17) is 9.47 Å². The summed E-state index contributed by atoms with van der Waals surface area (Å²) in [7, 11) is 3.63. The van der Waals surface area contributed by atoms with Gasteiger partial charge in [0, 0.05) is 26.2 Å². The van der Waals surface area contributed by atoms with Crippen LogP contribution in [0.25, 0.3) is 6.08 Å². The van der Waals surface area contributed by atoms with E-state index >= 15 is 0 Å². The Morgan fingerprint density at radius 3 is 2.61 bits per heavy atom. The second-order valence-corrected chi connectivity index (χ2v) is 7.68. The zero-order chi connectivity index (χ0) is 20.1. The molecule has 0 spiro atoms. The minimum absolute atomic E-state index is 0.229. The van der Waals surface area contributed by atoms with E-state index in [0.29, 0.717) is 29.7 Å². The maximum Gasteiger partial charge on any atom is 0.294 e. The first-order chi connectivity index (χ1) is 13.5. The molecule has 2 heterocycles. The maximum absolute atomic E-state index is 12.7. The van der Waals surface area contributed by atoms with Crippen LogP contribution in [0.2, 0.25) is 0 Å². The number of methoxy groups -OCH3 is 1. The summed E-state index contributed by atoms with van der Waals surface area (Å²) in [5, 5.41) is -0.229. The molecule has 2 fully saturated rings. The van der Waals surface area contributed by atoms with Gasteiger partial charge in [-0.25, -0.2) is 0 Å². The Morgan fingerprint density at radius 1 is 1.18 bits per heavy atom. The number of imide groups is 1. The summed E-state index contributed by atoms with van der Waals surface area (Å²) in [6, 6.07) is 5.39. The highest BCUT2D eigenvalue weighted by Crippen LogP contribution is 2.34. The van der Waals surface area contributed by atoms with E-state index in [2.05, 4.69) is 23.4 Å². The van der Waals surface area contributed by atoms with Crippen LogP contribution in [0.5, 0.6) is 11.5 Å². The Labute approximate surface area is 169 Å². The lowest BCUT2D eigenvalue weighted by Gasteiger charge is -2.33.